The van der Waals surface area contributed by atoms with Crippen molar-refractivity contribution in [1.82, 2.24) is 0 Å². The zero-order chi connectivity index (χ0) is 24.3. The molecule has 33 heavy (non-hydrogen) atoms. The molecule has 1 aromatic heterocycles. The first kappa shape index (κ1) is 23.6. The normalized spacial score (nSPS) is 10.4. The van der Waals surface area contributed by atoms with Crippen LogP contribution in [0.3, 0.4) is 0 Å². The topological polar surface area (TPSA) is 128 Å². The lowest BCUT2D eigenvalue weighted by molar-refractivity contribution is -0.384. The summed E-state index contributed by atoms with van der Waals surface area (Å²) in [5.74, 6) is -1.71. The van der Waals surface area contributed by atoms with E-state index in [0.717, 1.165) is 22.5 Å². The molecule has 0 unspecified atom stereocenters. The van der Waals surface area contributed by atoms with Crippen molar-refractivity contribution in [3.8, 4) is 0 Å². The summed E-state index contributed by atoms with van der Waals surface area (Å²) in [6.45, 7) is 5.42. The summed E-state index contributed by atoms with van der Waals surface area (Å²) in [6, 6.07) is 10.6. The number of amides is 2. The summed E-state index contributed by atoms with van der Waals surface area (Å²) in [6.07, 6.45) is 0. The summed E-state index contributed by atoms with van der Waals surface area (Å²) in [5, 5.41) is 16.4. The Morgan fingerprint density at radius 3 is 2.21 bits per heavy atom. The van der Waals surface area contributed by atoms with Crippen molar-refractivity contribution in [2.75, 3.05) is 17.7 Å². The van der Waals surface area contributed by atoms with E-state index in [0.29, 0.717) is 11.3 Å². The van der Waals surface area contributed by atoms with E-state index in [1.54, 1.807) is 13.0 Å². The SMILES string of the molecule is COC(=O)c1c(NC(=O)c2ccc([N+](=O)[O-])cc2)sc(C(=O)Nc2cccc(C)c2C)c1C. The molecule has 3 rings (SSSR count). The van der Waals surface area contributed by atoms with Gasteiger partial charge in [-0.15, -0.1) is 11.3 Å². The second kappa shape index (κ2) is 9.61. The Morgan fingerprint density at radius 2 is 1.61 bits per heavy atom. The molecule has 10 heteroatoms. The first-order valence-electron chi connectivity index (χ1n) is 9.79. The standard InChI is InChI=1S/C23H21N3O6S/c1-12-6-5-7-17(13(12)2)24-21(28)19-14(3)18(23(29)32-4)22(33-19)25-20(27)15-8-10-16(11-9-15)26(30)31/h5-11H,1-4H3,(H,24,28)(H,25,27). The number of methoxy groups -OCH3 is 1. The molecule has 0 atom stereocenters. The highest BCUT2D eigenvalue weighted by atomic mass is 32.1. The molecule has 2 aromatic carbocycles. The summed E-state index contributed by atoms with van der Waals surface area (Å²) in [7, 11) is 1.21. The van der Waals surface area contributed by atoms with Crippen molar-refractivity contribution in [1.29, 1.82) is 0 Å². The van der Waals surface area contributed by atoms with Crippen LogP contribution in [0.5, 0.6) is 0 Å². The molecule has 9 nitrogen and oxygen atoms in total. The highest BCUT2D eigenvalue weighted by Crippen LogP contribution is 2.35. The van der Waals surface area contributed by atoms with Crippen LogP contribution in [0.2, 0.25) is 0 Å². The van der Waals surface area contributed by atoms with Crippen LogP contribution in [0.15, 0.2) is 42.5 Å². The van der Waals surface area contributed by atoms with E-state index in [1.807, 2.05) is 26.0 Å². The van der Waals surface area contributed by atoms with Gasteiger partial charge in [-0.1, -0.05) is 12.1 Å². The van der Waals surface area contributed by atoms with Crippen LogP contribution in [0.25, 0.3) is 0 Å². The Bertz CT molecular complexity index is 1260. The van der Waals surface area contributed by atoms with Gasteiger partial charge in [0, 0.05) is 23.4 Å². The molecule has 1 heterocycles. The summed E-state index contributed by atoms with van der Waals surface area (Å²) in [4.78, 5) is 48.6. The minimum Gasteiger partial charge on any atom is -0.465 e. The van der Waals surface area contributed by atoms with Gasteiger partial charge in [0.25, 0.3) is 17.5 Å². The van der Waals surface area contributed by atoms with Crippen molar-refractivity contribution in [2.45, 2.75) is 20.8 Å². The van der Waals surface area contributed by atoms with Crippen molar-refractivity contribution < 1.29 is 24.0 Å². The molecule has 0 radical (unpaired) electrons. The number of esters is 1. The number of nitrogens with zero attached hydrogens (tertiary/aromatic N) is 1. The first-order valence-corrected chi connectivity index (χ1v) is 10.6. The third kappa shape index (κ3) is 4.90. The maximum absolute atomic E-state index is 13.0. The molecular weight excluding hydrogens is 446 g/mol. The average molecular weight is 468 g/mol. The molecule has 2 amide bonds. The van der Waals surface area contributed by atoms with Gasteiger partial charge < -0.3 is 15.4 Å². The van der Waals surface area contributed by atoms with Gasteiger partial charge in [0.15, 0.2) is 0 Å². The maximum atomic E-state index is 13.0. The van der Waals surface area contributed by atoms with Gasteiger partial charge >= 0.3 is 5.97 Å². The fraction of sp³-hybridized carbons (Fsp3) is 0.174. The number of thiophene rings is 1. The van der Waals surface area contributed by atoms with Crippen LogP contribution in [0, 0.1) is 30.9 Å². The molecule has 0 saturated carbocycles. The number of nitrogens with one attached hydrogen (secondary N) is 2. The van der Waals surface area contributed by atoms with Crippen LogP contribution < -0.4 is 10.6 Å². The lowest BCUT2D eigenvalue weighted by atomic mass is 10.1. The molecule has 3 aromatic rings. The quantitative estimate of drug-likeness (QED) is 0.302. The largest absolute Gasteiger partial charge is 0.465 e. The Balaban J connectivity index is 1.93. The lowest BCUT2D eigenvalue weighted by Crippen LogP contribution is -2.14. The monoisotopic (exact) mass is 467 g/mol. The minimum absolute atomic E-state index is 0.0730. The number of rotatable bonds is 6. The summed E-state index contributed by atoms with van der Waals surface area (Å²) < 4.78 is 4.84. The maximum Gasteiger partial charge on any atom is 0.341 e. The van der Waals surface area contributed by atoms with Gasteiger partial charge in [0.2, 0.25) is 0 Å². The summed E-state index contributed by atoms with van der Waals surface area (Å²) >= 11 is 0.945. The number of carbonyl (C=O) groups is 3. The molecule has 0 aliphatic carbocycles. The summed E-state index contributed by atoms with van der Waals surface area (Å²) in [5.41, 5.74) is 3.02. The average Bonchev–Trinajstić information content (AvgIpc) is 3.12. The molecular formula is C23H21N3O6S. The van der Waals surface area contributed by atoms with Gasteiger partial charge in [0.1, 0.15) is 5.00 Å². The Morgan fingerprint density at radius 1 is 0.939 bits per heavy atom. The van der Waals surface area contributed by atoms with E-state index in [4.69, 9.17) is 4.74 Å². The first-order chi connectivity index (χ1) is 15.6. The van der Waals surface area contributed by atoms with Gasteiger partial charge in [-0.25, -0.2) is 4.79 Å². The highest BCUT2D eigenvalue weighted by Gasteiger charge is 2.27. The van der Waals surface area contributed by atoms with Crippen molar-refractivity contribution >= 4 is 45.5 Å². The van der Waals surface area contributed by atoms with Crippen molar-refractivity contribution in [3.63, 3.8) is 0 Å². The molecule has 0 bridgehead atoms. The van der Waals surface area contributed by atoms with Gasteiger partial charge in [0.05, 0.1) is 22.5 Å². The lowest BCUT2D eigenvalue weighted by Gasteiger charge is -2.10. The molecule has 0 spiro atoms. The second-order valence-corrected chi connectivity index (χ2v) is 8.23. The Kier molecular flexibility index (Phi) is 6.88. The van der Waals surface area contributed by atoms with E-state index in [9.17, 15) is 24.5 Å². The molecule has 0 saturated heterocycles. The van der Waals surface area contributed by atoms with Crippen LogP contribution in [-0.2, 0) is 4.74 Å². The van der Waals surface area contributed by atoms with E-state index in [2.05, 4.69) is 10.6 Å². The number of carbonyl (C=O) groups excluding carboxylic acids is 3. The van der Waals surface area contributed by atoms with E-state index in [-0.39, 0.29) is 26.7 Å². The minimum atomic E-state index is -0.700. The Labute approximate surface area is 193 Å². The van der Waals surface area contributed by atoms with Gasteiger partial charge in [-0.3, -0.25) is 19.7 Å². The number of hydrogen-bond donors (Lipinski definition) is 2. The number of aryl methyl sites for hydroxylation is 1. The van der Waals surface area contributed by atoms with Crippen molar-refractivity contribution in [3.05, 3.63) is 85.3 Å². The predicted octanol–water partition coefficient (Wildman–Crippen LogP) is 4.87. The third-order valence-corrected chi connectivity index (χ3v) is 6.37. The van der Waals surface area contributed by atoms with Gasteiger partial charge in [-0.2, -0.15) is 0 Å². The zero-order valence-electron chi connectivity index (χ0n) is 18.3. The Hall–Kier alpha value is -4.05. The van der Waals surface area contributed by atoms with Crippen LogP contribution in [0.4, 0.5) is 16.4 Å². The van der Waals surface area contributed by atoms with E-state index < -0.39 is 22.7 Å². The van der Waals surface area contributed by atoms with Gasteiger partial charge in [-0.05, 0) is 55.7 Å². The number of benzene rings is 2. The smallest absolute Gasteiger partial charge is 0.341 e. The highest BCUT2D eigenvalue weighted by molar-refractivity contribution is 7.19. The number of hydrogen-bond acceptors (Lipinski definition) is 7. The van der Waals surface area contributed by atoms with Crippen LogP contribution in [0.1, 0.15) is 47.1 Å². The number of non-ortho nitro benzene ring substituents is 1. The van der Waals surface area contributed by atoms with E-state index in [1.165, 1.54) is 31.4 Å². The van der Waals surface area contributed by atoms with Crippen LogP contribution >= 0.6 is 11.3 Å². The van der Waals surface area contributed by atoms with E-state index >= 15 is 0 Å². The zero-order valence-corrected chi connectivity index (χ0v) is 19.2. The number of anilines is 2. The van der Waals surface area contributed by atoms with Crippen LogP contribution in [-0.4, -0.2) is 29.8 Å². The number of ether oxygens (including phenoxy) is 1. The van der Waals surface area contributed by atoms with Crippen molar-refractivity contribution in [2.24, 2.45) is 0 Å². The number of nitro groups is 1. The predicted molar refractivity (Wildman–Crippen MR) is 125 cm³/mol. The molecule has 0 fully saturated rings. The second-order valence-electron chi connectivity index (χ2n) is 7.21. The molecule has 170 valence electrons. The molecule has 2 N–H and O–H groups in total. The molecule has 0 aliphatic heterocycles. The molecule has 0 aliphatic rings. The number of nitro benzene ring substituents is 1. The fourth-order valence-electron chi connectivity index (χ4n) is 3.14. The fourth-order valence-corrected chi connectivity index (χ4v) is 4.23. The third-order valence-electron chi connectivity index (χ3n) is 5.16.